The predicted octanol–water partition coefficient (Wildman–Crippen LogP) is 2.22. The smallest absolute Gasteiger partial charge is 0.237 e. The number of hydrogen-bond donors (Lipinski definition) is 0. The van der Waals surface area contributed by atoms with Crippen LogP contribution >= 0.6 is 11.8 Å². The van der Waals surface area contributed by atoms with E-state index >= 15 is 0 Å². The summed E-state index contributed by atoms with van der Waals surface area (Å²) in [6.07, 6.45) is 3.22. The number of rotatable bonds is 6. The van der Waals surface area contributed by atoms with Gasteiger partial charge in [-0.25, -0.2) is 4.39 Å². The molecule has 0 unspecified atom stereocenters. The summed E-state index contributed by atoms with van der Waals surface area (Å²) in [6, 6.07) is 6.47. The minimum atomic E-state index is -0.245. The van der Waals surface area contributed by atoms with Crippen LogP contribution in [0.3, 0.4) is 0 Å². The first-order valence-corrected chi connectivity index (χ1v) is 8.32. The largest absolute Gasteiger partial charge is 0.336 e. The normalized spacial score (nSPS) is 16.7. The van der Waals surface area contributed by atoms with Crippen molar-refractivity contribution in [1.82, 2.24) is 9.80 Å². The molecule has 110 valence electrons. The van der Waals surface area contributed by atoms with Crippen LogP contribution in [0.1, 0.15) is 12.0 Å². The number of hydrogen-bond acceptors (Lipinski definition) is 3. The second-order valence-electron chi connectivity index (χ2n) is 5.07. The standard InChI is InChI=1S/C15H21FN2OS/c1-20-9-3-6-17-7-8-18(15(19)12-17)11-13-4-2-5-14(16)10-13/h2,4-5,10H,3,6-9,11-12H2,1H3. The highest BCUT2D eigenvalue weighted by Crippen LogP contribution is 2.11. The lowest BCUT2D eigenvalue weighted by Crippen LogP contribution is -2.50. The Morgan fingerprint density at radius 2 is 2.20 bits per heavy atom. The van der Waals surface area contributed by atoms with Crippen molar-refractivity contribution in [3.05, 3.63) is 35.6 Å². The number of halogens is 1. The first-order valence-electron chi connectivity index (χ1n) is 6.92. The van der Waals surface area contributed by atoms with Crippen LogP contribution in [0.5, 0.6) is 0 Å². The molecule has 0 radical (unpaired) electrons. The molecule has 0 aliphatic carbocycles. The lowest BCUT2D eigenvalue weighted by molar-refractivity contribution is -0.136. The fourth-order valence-electron chi connectivity index (χ4n) is 2.40. The number of amides is 1. The van der Waals surface area contributed by atoms with E-state index in [1.807, 2.05) is 22.7 Å². The van der Waals surface area contributed by atoms with Gasteiger partial charge in [0.2, 0.25) is 5.91 Å². The van der Waals surface area contributed by atoms with Gasteiger partial charge in [-0.15, -0.1) is 0 Å². The second-order valence-corrected chi connectivity index (χ2v) is 6.05. The number of thioether (sulfide) groups is 1. The Balaban J connectivity index is 1.82. The Hall–Kier alpha value is -1.07. The van der Waals surface area contributed by atoms with Crippen molar-refractivity contribution in [1.29, 1.82) is 0 Å². The summed E-state index contributed by atoms with van der Waals surface area (Å²) in [5, 5.41) is 0. The van der Waals surface area contributed by atoms with E-state index in [2.05, 4.69) is 11.2 Å². The molecular formula is C15H21FN2OS. The zero-order valence-corrected chi connectivity index (χ0v) is 12.7. The molecule has 0 spiro atoms. The fourth-order valence-corrected chi connectivity index (χ4v) is 2.82. The summed E-state index contributed by atoms with van der Waals surface area (Å²) >= 11 is 1.84. The minimum absolute atomic E-state index is 0.143. The van der Waals surface area contributed by atoms with Gasteiger partial charge in [0.05, 0.1) is 6.54 Å². The molecule has 1 saturated heterocycles. The number of nitrogens with zero attached hydrogens (tertiary/aromatic N) is 2. The number of piperazine rings is 1. The maximum absolute atomic E-state index is 13.1. The predicted molar refractivity (Wildman–Crippen MR) is 81.3 cm³/mol. The summed E-state index contributed by atoms with van der Waals surface area (Å²) in [4.78, 5) is 16.1. The van der Waals surface area contributed by atoms with Gasteiger partial charge >= 0.3 is 0 Å². The number of carbonyl (C=O) groups is 1. The second kappa shape index (κ2) is 7.64. The van der Waals surface area contributed by atoms with Crippen molar-refractivity contribution < 1.29 is 9.18 Å². The average Bonchev–Trinajstić information content (AvgIpc) is 2.42. The third kappa shape index (κ3) is 4.49. The third-order valence-corrected chi connectivity index (χ3v) is 4.18. The van der Waals surface area contributed by atoms with Gasteiger partial charge in [-0.3, -0.25) is 9.69 Å². The molecular weight excluding hydrogens is 275 g/mol. The molecule has 1 aliphatic heterocycles. The molecule has 0 aromatic heterocycles. The fraction of sp³-hybridized carbons (Fsp3) is 0.533. The highest BCUT2D eigenvalue weighted by Gasteiger charge is 2.23. The molecule has 0 atom stereocenters. The first-order chi connectivity index (χ1) is 9.69. The van der Waals surface area contributed by atoms with E-state index in [4.69, 9.17) is 0 Å². The van der Waals surface area contributed by atoms with E-state index < -0.39 is 0 Å². The van der Waals surface area contributed by atoms with Crippen molar-refractivity contribution >= 4 is 17.7 Å². The van der Waals surface area contributed by atoms with E-state index in [0.29, 0.717) is 13.1 Å². The summed E-state index contributed by atoms with van der Waals surface area (Å²) < 4.78 is 13.1. The van der Waals surface area contributed by atoms with Crippen molar-refractivity contribution in [2.45, 2.75) is 13.0 Å². The SMILES string of the molecule is CSCCCN1CCN(Cc2cccc(F)c2)C(=O)C1. The highest BCUT2D eigenvalue weighted by atomic mass is 32.2. The van der Waals surface area contributed by atoms with Gasteiger partial charge in [0.15, 0.2) is 0 Å². The molecule has 0 saturated carbocycles. The Morgan fingerprint density at radius 1 is 1.35 bits per heavy atom. The molecule has 1 aliphatic rings. The summed E-state index contributed by atoms with van der Waals surface area (Å²) in [5.41, 5.74) is 0.856. The maximum Gasteiger partial charge on any atom is 0.237 e. The lowest BCUT2D eigenvalue weighted by Gasteiger charge is -2.34. The molecule has 1 heterocycles. The molecule has 0 bridgehead atoms. The van der Waals surface area contributed by atoms with Crippen LogP contribution in [0.2, 0.25) is 0 Å². The number of carbonyl (C=O) groups excluding carboxylic acids is 1. The van der Waals surface area contributed by atoms with Crippen molar-refractivity contribution in [3.8, 4) is 0 Å². The Morgan fingerprint density at radius 3 is 2.90 bits per heavy atom. The Labute approximate surface area is 124 Å². The van der Waals surface area contributed by atoms with Crippen LogP contribution in [0, 0.1) is 5.82 Å². The van der Waals surface area contributed by atoms with E-state index in [0.717, 1.165) is 37.4 Å². The highest BCUT2D eigenvalue weighted by molar-refractivity contribution is 7.98. The topological polar surface area (TPSA) is 23.6 Å². The van der Waals surface area contributed by atoms with Gasteiger partial charge in [0, 0.05) is 19.6 Å². The van der Waals surface area contributed by atoms with Gasteiger partial charge in [-0.2, -0.15) is 11.8 Å². The molecule has 5 heteroatoms. The van der Waals surface area contributed by atoms with Crippen molar-refractivity contribution in [3.63, 3.8) is 0 Å². The van der Waals surface area contributed by atoms with Crippen LogP contribution in [-0.2, 0) is 11.3 Å². The Kier molecular flexibility index (Phi) is 5.86. The summed E-state index contributed by atoms with van der Waals surface area (Å²) in [6.45, 7) is 3.63. The van der Waals surface area contributed by atoms with Gasteiger partial charge in [-0.1, -0.05) is 12.1 Å². The van der Waals surface area contributed by atoms with Crippen LogP contribution < -0.4 is 0 Å². The minimum Gasteiger partial charge on any atom is -0.336 e. The quantitative estimate of drug-likeness (QED) is 0.752. The molecule has 1 aromatic carbocycles. The van der Waals surface area contributed by atoms with Crippen LogP contribution in [0.4, 0.5) is 4.39 Å². The van der Waals surface area contributed by atoms with E-state index in [1.165, 1.54) is 12.1 Å². The molecule has 1 aromatic rings. The molecule has 3 nitrogen and oxygen atoms in total. The van der Waals surface area contributed by atoms with E-state index in [-0.39, 0.29) is 11.7 Å². The first kappa shape index (κ1) is 15.3. The molecule has 20 heavy (non-hydrogen) atoms. The van der Waals surface area contributed by atoms with Gasteiger partial charge in [0.25, 0.3) is 0 Å². The van der Waals surface area contributed by atoms with Crippen LogP contribution in [0.15, 0.2) is 24.3 Å². The summed E-state index contributed by atoms with van der Waals surface area (Å²) in [5.74, 6) is 1.04. The van der Waals surface area contributed by atoms with Crippen LogP contribution in [0.25, 0.3) is 0 Å². The lowest BCUT2D eigenvalue weighted by atomic mass is 10.2. The van der Waals surface area contributed by atoms with Crippen molar-refractivity contribution in [2.24, 2.45) is 0 Å². The molecule has 2 rings (SSSR count). The Bertz CT molecular complexity index is 455. The van der Waals surface area contributed by atoms with E-state index in [9.17, 15) is 9.18 Å². The van der Waals surface area contributed by atoms with Gasteiger partial charge < -0.3 is 4.90 Å². The average molecular weight is 296 g/mol. The van der Waals surface area contributed by atoms with Crippen LogP contribution in [-0.4, -0.2) is 53.9 Å². The molecule has 1 fully saturated rings. The monoisotopic (exact) mass is 296 g/mol. The zero-order chi connectivity index (χ0) is 14.4. The molecule has 1 amide bonds. The van der Waals surface area contributed by atoms with Crippen molar-refractivity contribution in [2.75, 3.05) is 38.2 Å². The van der Waals surface area contributed by atoms with E-state index in [1.54, 1.807) is 6.07 Å². The van der Waals surface area contributed by atoms with Gasteiger partial charge in [-0.05, 0) is 42.7 Å². The van der Waals surface area contributed by atoms with Gasteiger partial charge in [0.1, 0.15) is 5.82 Å². The zero-order valence-electron chi connectivity index (χ0n) is 11.8. The summed E-state index contributed by atoms with van der Waals surface area (Å²) in [7, 11) is 0. The third-order valence-electron chi connectivity index (χ3n) is 3.48. The maximum atomic E-state index is 13.1. The molecule has 0 N–H and O–H groups in total. The number of benzene rings is 1.